The highest BCUT2D eigenvalue weighted by atomic mass is 19.2. The molecule has 2 unspecified atom stereocenters. The summed E-state index contributed by atoms with van der Waals surface area (Å²) in [6.07, 6.45) is 0.409. The number of likely N-dealkylation sites (tertiary alicyclic amines) is 1. The average molecular weight is 269 g/mol. The first-order chi connectivity index (χ1) is 8.97. The van der Waals surface area contributed by atoms with Gasteiger partial charge in [0.05, 0.1) is 12.5 Å². The zero-order valence-corrected chi connectivity index (χ0v) is 10.8. The molecule has 1 aliphatic rings. The Morgan fingerprint density at radius 1 is 1.47 bits per heavy atom. The molecule has 1 fully saturated rings. The van der Waals surface area contributed by atoms with Gasteiger partial charge in [0.25, 0.3) is 0 Å². The second kappa shape index (κ2) is 5.65. The number of benzene rings is 1. The fourth-order valence-corrected chi connectivity index (χ4v) is 2.34. The normalized spacial score (nSPS) is 20.6. The maximum Gasteiger partial charge on any atom is 0.227 e. The summed E-state index contributed by atoms with van der Waals surface area (Å²) < 4.78 is 25.8. The molecule has 19 heavy (non-hydrogen) atoms. The lowest BCUT2D eigenvalue weighted by Crippen LogP contribution is -2.31. The van der Waals surface area contributed by atoms with Crippen LogP contribution in [0.15, 0.2) is 18.2 Å². The topological polar surface area (TPSA) is 40.5 Å². The van der Waals surface area contributed by atoms with Crippen LogP contribution in [0.5, 0.6) is 0 Å². The zero-order chi connectivity index (χ0) is 14.0. The van der Waals surface area contributed by atoms with E-state index in [2.05, 4.69) is 0 Å². The number of aliphatic hydroxyl groups excluding tert-OH is 1. The van der Waals surface area contributed by atoms with Crippen molar-refractivity contribution in [3.63, 3.8) is 0 Å². The van der Waals surface area contributed by atoms with Crippen molar-refractivity contribution in [1.29, 1.82) is 0 Å². The number of carbonyl (C=O) groups excluding carboxylic acids is 1. The van der Waals surface area contributed by atoms with E-state index in [0.717, 1.165) is 18.6 Å². The first kappa shape index (κ1) is 13.9. The summed E-state index contributed by atoms with van der Waals surface area (Å²) in [5, 5.41) is 9.48. The smallest absolute Gasteiger partial charge is 0.227 e. The Morgan fingerprint density at radius 3 is 2.79 bits per heavy atom. The van der Waals surface area contributed by atoms with Crippen molar-refractivity contribution in [3.8, 4) is 0 Å². The van der Waals surface area contributed by atoms with E-state index >= 15 is 0 Å². The Balaban J connectivity index is 1.96. The zero-order valence-electron chi connectivity index (χ0n) is 10.8. The van der Waals surface area contributed by atoms with Crippen molar-refractivity contribution in [2.24, 2.45) is 5.92 Å². The lowest BCUT2D eigenvalue weighted by molar-refractivity contribution is -0.129. The molecular weight excluding hydrogens is 252 g/mol. The van der Waals surface area contributed by atoms with Gasteiger partial charge in [-0.15, -0.1) is 0 Å². The molecule has 1 aromatic carbocycles. The van der Waals surface area contributed by atoms with Crippen LogP contribution >= 0.6 is 0 Å². The summed E-state index contributed by atoms with van der Waals surface area (Å²) in [5.74, 6) is -1.86. The second-order valence-corrected chi connectivity index (χ2v) is 5.05. The minimum atomic E-state index is -0.937. The third-order valence-electron chi connectivity index (χ3n) is 3.60. The standard InChI is InChI=1S/C14H17F2NO2/c1-9(18)11-4-5-17(8-11)14(19)7-10-2-3-12(15)13(16)6-10/h2-3,6,9,11,18H,4-5,7-8H2,1H3. The van der Waals surface area contributed by atoms with Crippen LogP contribution in [-0.4, -0.2) is 35.1 Å². The molecule has 0 radical (unpaired) electrons. The number of carbonyl (C=O) groups is 1. The number of halogens is 2. The molecule has 0 saturated carbocycles. The fourth-order valence-electron chi connectivity index (χ4n) is 2.34. The number of aliphatic hydroxyl groups is 1. The Kier molecular flexibility index (Phi) is 4.14. The summed E-state index contributed by atoms with van der Waals surface area (Å²) in [6, 6.07) is 3.49. The van der Waals surface area contributed by atoms with Crippen LogP contribution in [0, 0.1) is 17.6 Å². The van der Waals surface area contributed by atoms with Crippen molar-refractivity contribution in [3.05, 3.63) is 35.4 Å². The molecule has 5 heteroatoms. The van der Waals surface area contributed by atoms with Gasteiger partial charge in [0, 0.05) is 19.0 Å². The van der Waals surface area contributed by atoms with E-state index in [9.17, 15) is 18.7 Å². The third-order valence-corrected chi connectivity index (χ3v) is 3.60. The number of amides is 1. The summed E-state index contributed by atoms with van der Waals surface area (Å²) in [5.41, 5.74) is 0.462. The molecule has 2 atom stereocenters. The van der Waals surface area contributed by atoms with Crippen LogP contribution in [0.4, 0.5) is 8.78 Å². The molecule has 1 N–H and O–H groups in total. The third kappa shape index (κ3) is 3.29. The van der Waals surface area contributed by atoms with Gasteiger partial charge < -0.3 is 10.0 Å². The number of hydrogen-bond donors (Lipinski definition) is 1. The summed E-state index contributed by atoms with van der Waals surface area (Å²) in [7, 11) is 0. The summed E-state index contributed by atoms with van der Waals surface area (Å²) in [6.45, 7) is 2.85. The van der Waals surface area contributed by atoms with Gasteiger partial charge in [-0.2, -0.15) is 0 Å². The molecule has 3 nitrogen and oxygen atoms in total. The van der Waals surface area contributed by atoms with E-state index in [1.54, 1.807) is 11.8 Å². The van der Waals surface area contributed by atoms with Gasteiger partial charge in [-0.3, -0.25) is 4.79 Å². The van der Waals surface area contributed by atoms with Gasteiger partial charge in [-0.1, -0.05) is 6.07 Å². The molecule has 2 rings (SSSR count). The van der Waals surface area contributed by atoms with Crippen LogP contribution in [0.3, 0.4) is 0 Å². The quantitative estimate of drug-likeness (QED) is 0.908. The van der Waals surface area contributed by atoms with Crippen LogP contribution < -0.4 is 0 Å². The van der Waals surface area contributed by atoms with E-state index in [1.165, 1.54) is 6.07 Å². The highest BCUT2D eigenvalue weighted by Gasteiger charge is 2.28. The highest BCUT2D eigenvalue weighted by Crippen LogP contribution is 2.20. The van der Waals surface area contributed by atoms with E-state index in [4.69, 9.17) is 0 Å². The van der Waals surface area contributed by atoms with Crippen molar-refractivity contribution < 1.29 is 18.7 Å². The lowest BCUT2D eigenvalue weighted by Gasteiger charge is -2.17. The summed E-state index contributed by atoms with van der Waals surface area (Å²) >= 11 is 0. The van der Waals surface area contributed by atoms with E-state index in [-0.39, 0.29) is 18.2 Å². The Labute approximate surface area is 110 Å². The molecule has 1 aromatic rings. The number of hydrogen-bond acceptors (Lipinski definition) is 2. The van der Waals surface area contributed by atoms with Crippen LogP contribution in [0.1, 0.15) is 18.9 Å². The molecule has 104 valence electrons. The monoisotopic (exact) mass is 269 g/mol. The average Bonchev–Trinajstić information content (AvgIpc) is 2.83. The highest BCUT2D eigenvalue weighted by molar-refractivity contribution is 5.79. The minimum absolute atomic E-state index is 0.0593. The van der Waals surface area contributed by atoms with Crippen LogP contribution in [-0.2, 0) is 11.2 Å². The van der Waals surface area contributed by atoms with Crippen molar-refractivity contribution in [2.45, 2.75) is 25.9 Å². The fraction of sp³-hybridized carbons (Fsp3) is 0.500. The van der Waals surface area contributed by atoms with Gasteiger partial charge in [0.1, 0.15) is 0 Å². The van der Waals surface area contributed by atoms with Crippen LogP contribution in [0.2, 0.25) is 0 Å². The molecule has 0 spiro atoms. The van der Waals surface area contributed by atoms with E-state index < -0.39 is 17.7 Å². The van der Waals surface area contributed by atoms with Gasteiger partial charge >= 0.3 is 0 Å². The van der Waals surface area contributed by atoms with Crippen molar-refractivity contribution in [1.82, 2.24) is 4.90 Å². The Morgan fingerprint density at radius 2 is 2.21 bits per heavy atom. The molecule has 0 bridgehead atoms. The molecular formula is C14H17F2NO2. The first-order valence-electron chi connectivity index (χ1n) is 6.37. The second-order valence-electron chi connectivity index (χ2n) is 5.05. The minimum Gasteiger partial charge on any atom is -0.393 e. The van der Waals surface area contributed by atoms with E-state index in [1.807, 2.05) is 0 Å². The first-order valence-corrected chi connectivity index (χ1v) is 6.37. The maximum absolute atomic E-state index is 13.0. The predicted molar refractivity (Wildman–Crippen MR) is 66.4 cm³/mol. The van der Waals surface area contributed by atoms with Gasteiger partial charge in [0.15, 0.2) is 11.6 Å². The van der Waals surface area contributed by atoms with Gasteiger partial charge in [0.2, 0.25) is 5.91 Å². The molecule has 1 amide bonds. The summed E-state index contributed by atoms with van der Waals surface area (Å²) in [4.78, 5) is 13.7. The molecule has 0 aliphatic carbocycles. The molecule has 1 saturated heterocycles. The molecule has 1 heterocycles. The SMILES string of the molecule is CC(O)C1CCN(C(=O)Cc2ccc(F)c(F)c2)C1. The lowest BCUT2D eigenvalue weighted by atomic mass is 10.0. The number of rotatable bonds is 3. The van der Waals surface area contributed by atoms with Gasteiger partial charge in [-0.05, 0) is 31.0 Å². The van der Waals surface area contributed by atoms with Crippen LogP contribution in [0.25, 0.3) is 0 Å². The molecule has 0 aromatic heterocycles. The van der Waals surface area contributed by atoms with Crippen molar-refractivity contribution >= 4 is 5.91 Å². The molecule has 1 aliphatic heterocycles. The van der Waals surface area contributed by atoms with Gasteiger partial charge in [-0.25, -0.2) is 8.78 Å². The maximum atomic E-state index is 13.0. The largest absolute Gasteiger partial charge is 0.393 e. The Hall–Kier alpha value is -1.49. The van der Waals surface area contributed by atoms with Crippen molar-refractivity contribution in [2.75, 3.05) is 13.1 Å². The number of nitrogens with zero attached hydrogens (tertiary/aromatic N) is 1. The Bertz CT molecular complexity index is 477. The van der Waals surface area contributed by atoms with E-state index in [0.29, 0.717) is 18.7 Å². The predicted octanol–water partition coefficient (Wildman–Crippen LogP) is 1.74.